The number of aromatic amines is 1. The summed E-state index contributed by atoms with van der Waals surface area (Å²) in [5.74, 6) is 0.0597. The van der Waals surface area contributed by atoms with Crippen LogP contribution in [0.2, 0.25) is 0 Å². The van der Waals surface area contributed by atoms with Gasteiger partial charge < -0.3 is 19.0 Å². The van der Waals surface area contributed by atoms with Crippen molar-refractivity contribution in [1.82, 2.24) is 10.1 Å². The van der Waals surface area contributed by atoms with Crippen molar-refractivity contribution in [2.24, 2.45) is 0 Å². The van der Waals surface area contributed by atoms with Gasteiger partial charge in [-0.25, -0.2) is 9.59 Å². The highest BCUT2D eigenvalue weighted by molar-refractivity contribution is 6.04. The van der Waals surface area contributed by atoms with Crippen molar-refractivity contribution in [3.05, 3.63) is 95.8 Å². The molecule has 0 bridgehead atoms. The Morgan fingerprint density at radius 2 is 1.68 bits per heavy atom. The summed E-state index contributed by atoms with van der Waals surface area (Å²) in [7, 11) is 1.36. The Hall–Kier alpha value is -4.85. The number of amides is 1. The number of benzene rings is 3. The van der Waals surface area contributed by atoms with E-state index in [1.807, 2.05) is 79.7 Å². The van der Waals surface area contributed by atoms with Crippen LogP contribution in [0.4, 0.5) is 10.5 Å². The number of nitrogens with zero attached hydrogens (tertiary/aromatic N) is 1. The molecule has 0 saturated carbocycles. The number of nitrogens with one attached hydrogen (secondary N) is 2. The highest BCUT2D eigenvalue weighted by Gasteiger charge is 2.20. The first kappa shape index (κ1) is 23.9. The highest BCUT2D eigenvalue weighted by Crippen LogP contribution is 2.33. The third-order valence-electron chi connectivity index (χ3n) is 6.21. The van der Waals surface area contributed by atoms with Gasteiger partial charge in [0.2, 0.25) is 0 Å². The minimum atomic E-state index is -0.592. The van der Waals surface area contributed by atoms with Gasteiger partial charge >= 0.3 is 12.1 Å². The molecule has 1 atom stereocenters. The summed E-state index contributed by atoms with van der Waals surface area (Å²) in [5.41, 5.74) is 5.94. The first-order chi connectivity index (χ1) is 17.9. The van der Waals surface area contributed by atoms with Gasteiger partial charge in [-0.2, -0.15) is 0 Å². The summed E-state index contributed by atoms with van der Waals surface area (Å²) in [4.78, 5) is 27.7. The molecule has 2 heterocycles. The third-order valence-corrected chi connectivity index (χ3v) is 6.21. The summed E-state index contributed by atoms with van der Waals surface area (Å²) in [5, 5.41) is 7.62. The van der Waals surface area contributed by atoms with Crippen LogP contribution in [-0.4, -0.2) is 29.3 Å². The predicted molar refractivity (Wildman–Crippen MR) is 140 cm³/mol. The third kappa shape index (κ3) is 4.81. The lowest BCUT2D eigenvalue weighted by atomic mass is 10.0. The second-order valence-corrected chi connectivity index (χ2v) is 8.59. The van der Waals surface area contributed by atoms with Gasteiger partial charge in [0, 0.05) is 22.7 Å². The smallest absolute Gasteiger partial charge is 0.412 e. The SMILES string of the molecule is COC(=O)c1c[nH]c2cc(-c3ccc(-c4onc(C)c4NC(=O)O[C@H](C)c4ccccc4)cc3)ccc12. The lowest BCUT2D eigenvalue weighted by Gasteiger charge is -2.14. The van der Waals surface area contributed by atoms with Gasteiger partial charge in [0.1, 0.15) is 17.5 Å². The number of ether oxygens (including phenoxy) is 2. The molecule has 0 aliphatic rings. The fraction of sp³-hybridized carbons (Fsp3) is 0.138. The molecule has 0 aliphatic heterocycles. The largest absolute Gasteiger partial charge is 0.465 e. The van der Waals surface area contributed by atoms with E-state index in [0.29, 0.717) is 22.7 Å². The lowest BCUT2D eigenvalue weighted by molar-refractivity contribution is 0.0603. The summed E-state index contributed by atoms with van der Waals surface area (Å²) in [6.07, 6.45) is 0.645. The number of H-pyrrole nitrogens is 1. The van der Waals surface area contributed by atoms with Crippen molar-refractivity contribution < 1.29 is 23.6 Å². The second kappa shape index (κ2) is 10.0. The van der Waals surface area contributed by atoms with Gasteiger partial charge in [0.15, 0.2) is 5.76 Å². The molecule has 8 heteroatoms. The number of carbonyl (C=O) groups is 2. The number of rotatable bonds is 6. The Morgan fingerprint density at radius 1 is 0.973 bits per heavy atom. The van der Waals surface area contributed by atoms with E-state index in [0.717, 1.165) is 33.2 Å². The van der Waals surface area contributed by atoms with E-state index in [1.165, 1.54) is 7.11 Å². The van der Waals surface area contributed by atoms with E-state index in [-0.39, 0.29) is 5.97 Å². The van der Waals surface area contributed by atoms with Crippen LogP contribution in [0.25, 0.3) is 33.4 Å². The zero-order chi connectivity index (χ0) is 25.9. The number of esters is 1. The van der Waals surface area contributed by atoms with Gasteiger partial charge in [-0.1, -0.05) is 71.9 Å². The molecule has 0 spiro atoms. The van der Waals surface area contributed by atoms with E-state index < -0.39 is 12.2 Å². The van der Waals surface area contributed by atoms with Gasteiger partial charge in [-0.3, -0.25) is 5.32 Å². The number of hydrogen-bond donors (Lipinski definition) is 2. The zero-order valence-corrected chi connectivity index (χ0v) is 20.6. The number of fused-ring (bicyclic) bond motifs is 1. The normalized spacial score (nSPS) is 11.8. The maximum absolute atomic E-state index is 12.6. The molecule has 2 aromatic heterocycles. The fourth-order valence-electron chi connectivity index (χ4n) is 4.20. The van der Waals surface area contributed by atoms with Crippen LogP contribution < -0.4 is 5.32 Å². The average molecular weight is 496 g/mol. The van der Waals surface area contributed by atoms with Crippen LogP contribution in [-0.2, 0) is 9.47 Å². The first-order valence-electron chi connectivity index (χ1n) is 11.7. The standard InChI is InChI=1S/C29H25N3O5/c1-17-26(31-29(34)36-18(2)19-7-5-4-6-8-19)27(37-32-17)21-11-9-20(10-12-21)22-13-14-23-24(28(33)35-3)16-30-25(23)15-22/h4-16,18,30H,1-3H3,(H,31,34)/t18-/m1/s1. The molecule has 0 radical (unpaired) electrons. The van der Waals surface area contributed by atoms with Crippen molar-refractivity contribution in [3.63, 3.8) is 0 Å². The molecule has 8 nitrogen and oxygen atoms in total. The number of hydrogen-bond acceptors (Lipinski definition) is 6. The first-order valence-corrected chi connectivity index (χ1v) is 11.7. The maximum Gasteiger partial charge on any atom is 0.412 e. The molecule has 0 unspecified atom stereocenters. The van der Waals surface area contributed by atoms with Crippen LogP contribution in [0, 0.1) is 6.92 Å². The summed E-state index contributed by atoms with van der Waals surface area (Å²) >= 11 is 0. The molecular weight excluding hydrogens is 470 g/mol. The van der Waals surface area contributed by atoms with Crippen LogP contribution >= 0.6 is 0 Å². The van der Waals surface area contributed by atoms with E-state index in [9.17, 15) is 9.59 Å². The molecule has 0 aliphatic carbocycles. The number of aryl methyl sites for hydroxylation is 1. The molecule has 0 fully saturated rings. The number of anilines is 1. The summed E-state index contributed by atoms with van der Waals surface area (Å²) in [6, 6.07) is 23.1. The van der Waals surface area contributed by atoms with Crippen molar-refractivity contribution >= 4 is 28.7 Å². The molecular formula is C29H25N3O5. The second-order valence-electron chi connectivity index (χ2n) is 8.59. The van der Waals surface area contributed by atoms with Gasteiger partial charge in [0.25, 0.3) is 0 Å². The minimum absolute atomic E-state index is 0.381. The molecule has 5 aromatic rings. The van der Waals surface area contributed by atoms with E-state index in [1.54, 1.807) is 13.1 Å². The molecule has 37 heavy (non-hydrogen) atoms. The van der Waals surface area contributed by atoms with Crippen molar-refractivity contribution in [3.8, 4) is 22.5 Å². The van der Waals surface area contributed by atoms with E-state index in [2.05, 4.69) is 15.5 Å². The maximum atomic E-state index is 12.6. The summed E-state index contributed by atoms with van der Waals surface area (Å²) in [6.45, 7) is 3.57. The number of aromatic nitrogens is 2. The molecule has 2 N–H and O–H groups in total. The van der Waals surface area contributed by atoms with Crippen molar-refractivity contribution in [2.75, 3.05) is 12.4 Å². The van der Waals surface area contributed by atoms with Crippen LogP contribution in [0.15, 0.2) is 83.5 Å². The van der Waals surface area contributed by atoms with Crippen LogP contribution in [0.5, 0.6) is 0 Å². The van der Waals surface area contributed by atoms with Crippen LogP contribution in [0.1, 0.15) is 34.6 Å². The number of methoxy groups -OCH3 is 1. The topological polar surface area (TPSA) is 106 Å². The Labute approximate surface area is 213 Å². The molecule has 186 valence electrons. The molecule has 5 rings (SSSR count). The average Bonchev–Trinajstić information content (AvgIpc) is 3.51. The fourth-order valence-corrected chi connectivity index (χ4v) is 4.20. The van der Waals surface area contributed by atoms with Crippen molar-refractivity contribution in [1.29, 1.82) is 0 Å². The van der Waals surface area contributed by atoms with E-state index >= 15 is 0 Å². The molecule has 1 amide bonds. The predicted octanol–water partition coefficient (Wildman–Crippen LogP) is 6.89. The number of carbonyl (C=O) groups excluding carboxylic acids is 2. The zero-order valence-electron chi connectivity index (χ0n) is 20.6. The molecule has 0 saturated heterocycles. The Kier molecular flexibility index (Phi) is 6.47. The van der Waals surface area contributed by atoms with Crippen LogP contribution in [0.3, 0.4) is 0 Å². The van der Waals surface area contributed by atoms with Gasteiger partial charge in [0.05, 0.1) is 12.7 Å². The minimum Gasteiger partial charge on any atom is -0.465 e. The van der Waals surface area contributed by atoms with Gasteiger partial charge in [-0.15, -0.1) is 0 Å². The lowest BCUT2D eigenvalue weighted by Crippen LogP contribution is -2.16. The monoisotopic (exact) mass is 495 g/mol. The quantitative estimate of drug-likeness (QED) is 0.248. The Morgan fingerprint density at radius 3 is 2.41 bits per heavy atom. The Bertz CT molecular complexity index is 1570. The van der Waals surface area contributed by atoms with E-state index in [4.69, 9.17) is 14.0 Å². The summed E-state index contributed by atoms with van der Waals surface area (Å²) < 4.78 is 15.9. The molecule has 3 aromatic carbocycles. The van der Waals surface area contributed by atoms with Crippen molar-refractivity contribution in [2.45, 2.75) is 20.0 Å². The van der Waals surface area contributed by atoms with Gasteiger partial charge in [-0.05, 0) is 36.6 Å². The highest BCUT2D eigenvalue weighted by atomic mass is 16.6. The Balaban J connectivity index is 1.34.